The molecule has 1 aromatic carbocycles. The molecule has 4 nitrogen and oxygen atoms in total. The first-order valence-electron chi connectivity index (χ1n) is 6.94. The lowest BCUT2D eigenvalue weighted by molar-refractivity contribution is 0.161. The van der Waals surface area contributed by atoms with Gasteiger partial charge in [-0.1, -0.05) is 19.4 Å². The SMILES string of the molecule is CCCC(COC)NCc1ccc2c(c1)OCCO2. The fourth-order valence-corrected chi connectivity index (χ4v) is 2.25. The van der Waals surface area contributed by atoms with E-state index in [9.17, 15) is 0 Å². The zero-order valence-electron chi connectivity index (χ0n) is 11.8. The molecule has 0 radical (unpaired) electrons. The number of methoxy groups -OCH3 is 1. The van der Waals surface area contributed by atoms with Gasteiger partial charge in [-0.2, -0.15) is 0 Å². The third kappa shape index (κ3) is 4.11. The van der Waals surface area contributed by atoms with E-state index >= 15 is 0 Å². The molecule has 19 heavy (non-hydrogen) atoms. The third-order valence-electron chi connectivity index (χ3n) is 3.21. The quantitative estimate of drug-likeness (QED) is 0.821. The molecule has 1 aliphatic heterocycles. The molecule has 0 saturated heterocycles. The van der Waals surface area contributed by atoms with E-state index in [1.54, 1.807) is 7.11 Å². The van der Waals surface area contributed by atoms with Crippen molar-refractivity contribution in [3.8, 4) is 11.5 Å². The fraction of sp³-hybridized carbons (Fsp3) is 0.600. The van der Waals surface area contributed by atoms with Crippen molar-refractivity contribution in [3.05, 3.63) is 23.8 Å². The van der Waals surface area contributed by atoms with Gasteiger partial charge in [0, 0.05) is 19.7 Å². The minimum absolute atomic E-state index is 0.406. The van der Waals surface area contributed by atoms with Crippen LogP contribution in [-0.2, 0) is 11.3 Å². The molecular formula is C15H23NO3. The summed E-state index contributed by atoms with van der Waals surface area (Å²) in [7, 11) is 1.74. The van der Waals surface area contributed by atoms with E-state index in [0.29, 0.717) is 19.3 Å². The van der Waals surface area contributed by atoms with E-state index in [1.807, 2.05) is 6.07 Å². The molecule has 0 spiro atoms. The van der Waals surface area contributed by atoms with Crippen LogP contribution >= 0.6 is 0 Å². The smallest absolute Gasteiger partial charge is 0.161 e. The normalized spacial score (nSPS) is 15.3. The van der Waals surface area contributed by atoms with Crippen LogP contribution < -0.4 is 14.8 Å². The summed E-state index contributed by atoms with van der Waals surface area (Å²) >= 11 is 0. The molecular weight excluding hydrogens is 242 g/mol. The molecule has 0 bridgehead atoms. The van der Waals surface area contributed by atoms with E-state index in [4.69, 9.17) is 14.2 Å². The highest BCUT2D eigenvalue weighted by atomic mass is 16.6. The summed E-state index contributed by atoms with van der Waals surface area (Å²) in [5.74, 6) is 1.70. The Balaban J connectivity index is 1.91. The van der Waals surface area contributed by atoms with Crippen molar-refractivity contribution in [2.24, 2.45) is 0 Å². The zero-order chi connectivity index (χ0) is 13.5. The van der Waals surface area contributed by atoms with Crippen molar-refractivity contribution >= 4 is 0 Å². The molecule has 106 valence electrons. The van der Waals surface area contributed by atoms with Gasteiger partial charge in [-0.25, -0.2) is 0 Å². The second-order valence-corrected chi connectivity index (χ2v) is 4.80. The van der Waals surface area contributed by atoms with Crippen molar-refractivity contribution in [2.75, 3.05) is 26.9 Å². The lowest BCUT2D eigenvalue weighted by Crippen LogP contribution is -2.32. The summed E-state index contributed by atoms with van der Waals surface area (Å²) in [4.78, 5) is 0. The van der Waals surface area contributed by atoms with Crippen molar-refractivity contribution in [2.45, 2.75) is 32.4 Å². The first-order valence-corrected chi connectivity index (χ1v) is 6.94. The fourth-order valence-electron chi connectivity index (χ4n) is 2.25. The summed E-state index contributed by atoms with van der Waals surface area (Å²) < 4.78 is 16.3. The van der Waals surface area contributed by atoms with Crippen LogP contribution in [0.5, 0.6) is 11.5 Å². The Hall–Kier alpha value is -1.26. The van der Waals surface area contributed by atoms with Gasteiger partial charge in [-0.15, -0.1) is 0 Å². The lowest BCUT2D eigenvalue weighted by Gasteiger charge is -2.20. The number of benzene rings is 1. The highest BCUT2D eigenvalue weighted by Gasteiger charge is 2.12. The summed E-state index contributed by atoms with van der Waals surface area (Å²) in [5, 5.41) is 3.52. The number of nitrogens with one attached hydrogen (secondary N) is 1. The van der Waals surface area contributed by atoms with E-state index in [0.717, 1.165) is 37.5 Å². The zero-order valence-corrected chi connectivity index (χ0v) is 11.8. The monoisotopic (exact) mass is 265 g/mol. The topological polar surface area (TPSA) is 39.7 Å². The Morgan fingerprint density at radius 3 is 2.79 bits per heavy atom. The Labute approximate surface area is 115 Å². The Morgan fingerprint density at radius 1 is 1.26 bits per heavy atom. The molecule has 0 aliphatic carbocycles. The minimum atomic E-state index is 0.406. The highest BCUT2D eigenvalue weighted by Crippen LogP contribution is 2.30. The average Bonchev–Trinajstić information content (AvgIpc) is 2.45. The van der Waals surface area contributed by atoms with Gasteiger partial charge in [0.25, 0.3) is 0 Å². The largest absolute Gasteiger partial charge is 0.486 e. The molecule has 0 fully saturated rings. The molecule has 2 rings (SSSR count). The molecule has 0 amide bonds. The number of ether oxygens (including phenoxy) is 3. The van der Waals surface area contributed by atoms with Crippen LogP contribution in [0.3, 0.4) is 0 Å². The predicted octanol–water partition coefficient (Wildman–Crippen LogP) is 2.36. The Morgan fingerprint density at radius 2 is 2.05 bits per heavy atom. The third-order valence-corrected chi connectivity index (χ3v) is 3.21. The van der Waals surface area contributed by atoms with E-state index in [2.05, 4.69) is 24.4 Å². The van der Waals surface area contributed by atoms with Crippen molar-refractivity contribution in [3.63, 3.8) is 0 Å². The molecule has 1 aliphatic rings. The van der Waals surface area contributed by atoms with Crippen LogP contribution in [0, 0.1) is 0 Å². The number of fused-ring (bicyclic) bond motifs is 1. The molecule has 0 aromatic heterocycles. The first-order chi connectivity index (χ1) is 9.33. The van der Waals surface area contributed by atoms with E-state index in [1.165, 1.54) is 5.56 Å². The molecule has 1 N–H and O–H groups in total. The summed E-state index contributed by atoms with van der Waals surface area (Å²) in [5.41, 5.74) is 1.21. The van der Waals surface area contributed by atoms with Gasteiger partial charge >= 0.3 is 0 Å². The molecule has 0 saturated carbocycles. The van der Waals surface area contributed by atoms with Crippen LogP contribution in [0.15, 0.2) is 18.2 Å². The van der Waals surface area contributed by atoms with Gasteiger partial charge in [-0.3, -0.25) is 0 Å². The van der Waals surface area contributed by atoms with Crippen LogP contribution in [0.25, 0.3) is 0 Å². The summed E-state index contributed by atoms with van der Waals surface area (Å²) in [6, 6.07) is 6.52. The van der Waals surface area contributed by atoms with Crippen LogP contribution in [0.2, 0.25) is 0 Å². The van der Waals surface area contributed by atoms with E-state index < -0.39 is 0 Å². The van der Waals surface area contributed by atoms with Crippen molar-refractivity contribution in [1.29, 1.82) is 0 Å². The van der Waals surface area contributed by atoms with Crippen LogP contribution in [0.4, 0.5) is 0 Å². The molecule has 1 unspecified atom stereocenters. The molecule has 4 heteroatoms. The predicted molar refractivity (Wildman–Crippen MR) is 74.8 cm³/mol. The Bertz CT molecular complexity index is 389. The van der Waals surface area contributed by atoms with Crippen molar-refractivity contribution < 1.29 is 14.2 Å². The maximum atomic E-state index is 5.59. The highest BCUT2D eigenvalue weighted by molar-refractivity contribution is 5.43. The minimum Gasteiger partial charge on any atom is -0.486 e. The van der Waals surface area contributed by atoms with Crippen molar-refractivity contribution in [1.82, 2.24) is 5.32 Å². The van der Waals surface area contributed by atoms with Gasteiger partial charge in [-0.05, 0) is 24.1 Å². The van der Waals surface area contributed by atoms with Gasteiger partial charge in [0.2, 0.25) is 0 Å². The molecule has 1 atom stereocenters. The molecule has 1 heterocycles. The number of rotatable bonds is 7. The maximum Gasteiger partial charge on any atom is 0.161 e. The van der Waals surface area contributed by atoms with E-state index in [-0.39, 0.29) is 0 Å². The lowest BCUT2D eigenvalue weighted by atomic mass is 10.1. The Kier molecular flexibility index (Phi) is 5.48. The summed E-state index contributed by atoms with van der Waals surface area (Å²) in [6.45, 7) is 5.03. The van der Waals surface area contributed by atoms with Crippen LogP contribution in [-0.4, -0.2) is 33.0 Å². The summed E-state index contributed by atoms with van der Waals surface area (Å²) in [6.07, 6.45) is 2.28. The average molecular weight is 265 g/mol. The maximum absolute atomic E-state index is 5.59. The standard InChI is InChI=1S/C15H23NO3/c1-3-4-13(11-17-2)16-10-12-5-6-14-15(9-12)19-8-7-18-14/h5-6,9,13,16H,3-4,7-8,10-11H2,1-2H3. The second-order valence-electron chi connectivity index (χ2n) is 4.80. The number of hydrogen-bond acceptors (Lipinski definition) is 4. The molecule has 1 aromatic rings. The number of hydrogen-bond donors (Lipinski definition) is 1. The van der Waals surface area contributed by atoms with Crippen LogP contribution in [0.1, 0.15) is 25.3 Å². The van der Waals surface area contributed by atoms with Gasteiger partial charge in [0.15, 0.2) is 11.5 Å². The second kappa shape index (κ2) is 7.36. The van der Waals surface area contributed by atoms with Gasteiger partial charge < -0.3 is 19.5 Å². The van der Waals surface area contributed by atoms with Gasteiger partial charge in [0.05, 0.1) is 6.61 Å². The van der Waals surface area contributed by atoms with Gasteiger partial charge in [0.1, 0.15) is 13.2 Å². The first kappa shape index (κ1) is 14.2.